The average Bonchev–Trinajstić information content (AvgIpc) is 3.44. The number of rotatable bonds is 6. The van der Waals surface area contributed by atoms with Crippen LogP contribution in [-0.2, 0) is 25.8 Å². The third-order valence-electron chi connectivity index (χ3n) is 4.93. The highest BCUT2D eigenvalue weighted by atomic mass is 32.1. The molecule has 2 aromatic heterocycles. The van der Waals surface area contributed by atoms with Gasteiger partial charge in [0.15, 0.2) is 0 Å². The van der Waals surface area contributed by atoms with Crippen molar-refractivity contribution in [3.63, 3.8) is 0 Å². The molecule has 4 aromatic rings. The summed E-state index contributed by atoms with van der Waals surface area (Å²) in [7, 11) is 0. The number of hydrogen-bond acceptors (Lipinski definition) is 6. The summed E-state index contributed by atoms with van der Waals surface area (Å²) in [5.74, 6) is 3.02. The lowest BCUT2D eigenvalue weighted by atomic mass is 10.1. The molecular formula is C21H20N6S. The van der Waals surface area contributed by atoms with Gasteiger partial charge in [0.1, 0.15) is 17.5 Å². The van der Waals surface area contributed by atoms with Crippen LogP contribution in [0.3, 0.4) is 0 Å². The number of hydrogen-bond donors (Lipinski definition) is 1. The lowest BCUT2D eigenvalue weighted by molar-refractivity contribution is 0.700. The van der Waals surface area contributed by atoms with E-state index in [1.165, 1.54) is 29.1 Å². The second kappa shape index (κ2) is 7.52. The van der Waals surface area contributed by atoms with Crippen LogP contribution in [0.15, 0.2) is 54.6 Å². The smallest absolute Gasteiger partial charge is 0.207 e. The van der Waals surface area contributed by atoms with E-state index in [1.807, 2.05) is 18.2 Å². The number of aryl methyl sites for hydroxylation is 1. The Labute approximate surface area is 167 Å². The van der Waals surface area contributed by atoms with Crippen LogP contribution in [0.1, 0.15) is 35.0 Å². The van der Waals surface area contributed by atoms with E-state index < -0.39 is 0 Å². The van der Waals surface area contributed by atoms with Crippen LogP contribution >= 0.6 is 11.5 Å². The fourth-order valence-corrected chi connectivity index (χ4v) is 4.12. The van der Waals surface area contributed by atoms with Crippen LogP contribution in [0.2, 0.25) is 0 Å². The van der Waals surface area contributed by atoms with Gasteiger partial charge >= 0.3 is 0 Å². The average molecular weight is 389 g/mol. The first-order valence-corrected chi connectivity index (χ1v) is 10.2. The Bertz CT molecular complexity index is 1070. The Morgan fingerprint density at radius 2 is 1.75 bits per heavy atom. The fourth-order valence-electron chi connectivity index (χ4n) is 3.51. The van der Waals surface area contributed by atoms with Crippen LogP contribution in [0.4, 0.5) is 10.8 Å². The second-order valence-electron chi connectivity index (χ2n) is 6.96. The minimum Gasteiger partial charge on any atom is -0.330 e. The summed E-state index contributed by atoms with van der Waals surface area (Å²) in [4.78, 5) is 4.60. The maximum Gasteiger partial charge on any atom is 0.207 e. The predicted molar refractivity (Wildman–Crippen MR) is 110 cm³/mol. The fraction of sp³-hybridized carbons (Fsp3) is 0.238. The molecule has 0 aliphatic carbocycles. The Hall–Kier alpha value is -3.06. The van der Waals surface area contributed by atoms with Gasteiger partial charge in [-0.25, -0.2) is 4.98 Å². The van der Waals surface area contributed by atoms with Crippen molar-refractivity contribution in [1.29, 1.82) is 0 Å². The number of fused-ring (bicyclic) bond motifs is 1. The van der Waals surface area contributed by atoms with E-state index in [9.17, 15) is 0 Å². The Kier molecular flexibility index (Phi) is 4.58. The number of nitrogens with one attached hydrogen (secondary N) is 1. The summed E-state index contributed by atoms with van der Waals surface area (Å²) in [5.41, 5.74) is 3.46. The van der Waals surface area contributed by atoms with Crippen molar-refractivity contribution < 1.29 is 0 Å². The van der Waals surface area contributed by atoms with Gasteiger partial charge in [-0.15, -0.1) is 10.2 Å². The largest absolute Gasteiger partial charge is 0.330 e. The molecule has 2 aromatic carbocycles. The van der Waals surface area contributed by atoms with E-state index in [0.29, 0.717) is 0 Å². The van der Waals surface area contributed by atoms with Gasteiger partial charge in [-0.05, 0) is 29.7 Å². The summed E-state index contributed by atoms with van der Waals surface area (Å²) in [6, 6.07) is 18.7. The van der Waals surface area contributed by atoms with Gasteiger partial charge in [-0.1, -0.05) is 42.5 Å². The van der Waals surface area contributed by atoms with Crippen molar-refractivity contribution in [3.05, 3.63) is 83.2 Å². The van der Waals surface area contributed by atoms with Crippen molar-refractivity contribution in [1.82, 2.24) is 24.1 Å². The zero-order chi connectivity index (χ0) is 18.8. The molecular weight excluding hydrogens is 368 g/mol. The molecule has 0 amide bonds. The van der Waals surface area contributed by atoms with Gasteiger partial charge in [-0.2, -0.15) is 4.37 Å². The first-order chi connectivity index (χ1) is 13.8. The minimum absolute atomic E-state index is 0.751. The molecule has 0 atom stereocenters. The van der Waals surface area contributed by atoms with Crippen LogP contribution in [0, 0.1) is 0 Å². The summed E-state index contributed by atoms with van der Waals surface area (Å²) in [5, 5.41) is 12.8. The molecule has 0 fully saturated rings. The number of anilines is 2. The van der Waals surface area contributed by atoms with Crippen molar-refractivity contribution in [2.75, 3.05) is 5.32 Å². The third-order valence-corrected chi connectivity index (χ3v) is 5.60. The van der Waals surface area contributed by atoms with Gasteiger partial charge < -0.3 is 9.88 Å². The second-order valence-corrected chi connectivity index (χ2v) is 7.72. The highest BCUT2D eigenvalue weighted by Crippen LogP contribution is 2.22. The van der Waals surface area contributed by atoms with E-state index in [4.69, 9.17) is 0 Å². The first-order valence-electron chi connectivity index (χ1n) is 9.47. The standard InChI is InChI=1S/C21H20N6S/c1-2-5-15(6-3-1)13-18-23-21(28-26-18)22-17-10-8-16(9-11-17)14-20-25-24-19-7-4-12-27(19)20/h1-3,5-6,8-11H,4,7,12-14H2,(H,22,23,26). The van der Waals surface area contributed by atoms with E-state index in [1.54, 1.807) is 0 Å². The van der Waals surface area contributed by atoms with Crippen molar-refractivity contribution in [2.45, 2.75) is 32.2 Å². The van der Waals surface area contributed by atoms with Crippen LogP contribution in [0.5, 0.6) is 0 Å². The lowest BCUT2D eigenvalue weighted by Crippen LogP contribution is -2.02. The predicted octanol–water partition coefficient (Wildman–Crippen LogP) is 4.00. The molecule has 0 bridgehead atoms. The normalized spacial score (nSPS) is 12.9. The van der Waals surface area contributed by atoms with Crippen molar-refractivity contribution in [3.8, 4) is 0 Å². The molecule has 1 aliphatic rings. The monoisotopic (exact) mass is 388 g/mol. The molecule has 0 saturated heterocycles. The van der Waals surface area contributed by atoms with E-state index >= 15 is 0 Å². The number of benzene rings is 2. The Balaban J connectivity index is 1.23. The topological polar surface area (TPSA) is 68.5 Å². The molecule has 0 spiro atoms. The molecule has 140 valence electrons. The maximum atomic E-state index is 4.60. The first kappa shape index (κ1) is 17.1. The number of aromatic nitrogens is 5. The van der Waals surface area contributed by atoms with E-state index in [2.05, 4.69) is 65.8 Å². The van der Waals surface area contributed by atoms with E-state index in [0.717, 1.165) is 54.1 Å². The number of nitrogens with zero attached hydrogens (tertiary/aromatic N) is 5. The van der Waals surface area contributed by atoms with Crippen LogP contribution in [0.25, 0.3) is 0 Å². The molecule has 0 saturated carbocycles. The summed E-state index contributed by atoms with van der Waals surface area (Å²) >= 11 is 1.39. The van der Waals surface area contributed by atoms with Crippen LogP contribution in [-0.4, -0.2) is 24.1 Å². The van der Waals surface area contributed by atoms with E-state index in [-0.39, 0.29) is 0 Å². The Morgan fingerprint density at radius 1 is 0.929 bits per heavy atom. The molecule has 7 heteroatoms. The highest BCUT2D eigenvalue weighted by Gasteiger charge is 2.17. The molecule has 1 aliphatic heterocycles. The zero-order valence-electron chi connectivity index (χ0n) is 15.4. The van der Waals surface area contributed by atoms with Gasteiger partial charge in [0.25, 0.3) is 0 Å². The summed E-state index contributed by atoms with van der Waals surface area (Å²) in [6.07, 6.45) is 3.78. The third kappa shape index (κ3) is 3.66. The zero-order valence-corrected chi connectivity index (χ0v) is 16.2. The van der Waals surface area contributed by atoms with Crippen molar-refractivity contribution >= 4 is 22.4 Å². The van der Waals surface area contributed by atoms with Gasteiger partial charge in [0, 0.05) is 43.0 Å². The molecule has 0 unspecified atom stereocenters. The van der Waals surface area contributed by atoms with Gasteiger partial charge in [0.05, 0.1) is 0 Å². The van der Waals surface area contributed by atoms with Gasteiger partial charge in [-0.3, -0.25) is 0 Å². The molecule has 6 nitrogen and oxygen atoms in total. The quantitative estimate of drug-likeness (QED) is 0.541. The Morgan fingerprint density at radius 3 is 2.61 bits per heavy atom. The molecule has 1 N–H and O–H groups in total. The molecule has 5 rings (SSSR count). The minimum atomic E-state index is 0.751. The van der Waals surface area contributed by atoms with Crippen LogP contribution < -0.4 is 5.32 Å². The SMILES string of the molecule is c1ccc(Cc2nsc(Nc3ccc(Cc4nnc5n4CCC5)cc3)n2)cc1. The highest BCUT2D eigenvalue weighted by molar-refractivity contribution is 7.09. The lowest BCUT2D eigenvalue weighted by Gasteiger charge is -2.05. The maximum absolute atomic E-state index is 4.60. The summed E-state index contributed by atoms with van der Waals surface area (Å²) < 4.78 is 6.71. The van der Waals surface area contributed by atoms with Gasteiger partial charge in [0.2, 0.25) is 5.13 Å². The van der Waals surface area contributed by atoms with Crippen molar-refractivity contribution in [2.24, 2.45) is 0 Å². The molecule has 0 radical (unpaired) electrons. The molecule has 3 heterocycles. The molecule has 28 heavy (non-hydrogen) atoms. The summed E-state index contributed by atoms with van der Waals surface area (Å²) in [6.45, 7) is 1.04.